The van der Waals surface area contributed by atoms with Crippen LogP contribution in [0.2, 0.25) is 0 Å². The molecule has 2 heteroatoms. The SMILES string of the molecule is CC(CNCCC1CCCNC1)C1CC1. The molecule has 0 bridgehead atoms. The van der Waals surface area contributed by atoms with Crippen LogP contribution in [0.4, 0.5) is 0 Å². The van der Waals surface area contributed by atoms with Crippen molar-refractivity contribution < 1.29 is 0 Å². The Hall–Kier alpha value is -0.0800. The Bertz CT molecular complexity index is 171. The van der Waals surface area contributed by atoms with Crippen molar-refractivity contribution in [1.82, 2.24) is 10.6 Å². The van der Waals surface area contributed by atoms with Gasteiger partial charge in [0.25, 0.3) is 0 Å². The fourth-order valence-corrected chi connectivity index (χ4v) is 2.64. The van der Waals surface area contributed by atoms with E-state index in [0.29, 0.717) is 0 Å². The van der Waals surface area contributed by atoms with Crippen molar-refractivity contribution in [2.45, 2.75) is 39.0 Å². The molecule has 88 valence electrons. The van der Waals surface area contributed by atoms with Gasteiger partial charge < -0.3 is 10.6 Å². The lowest BCUT2D eigenvalue weighted by Crippen LogP contribution is -2.32. The second kappa shape index (κ2) is 5.86. The first kappa shape index (κ1) is 11.4. The van der Waals surface area contributed by atoms with Gasteiger partial charge in [0.15, 0.2) is 0 Å². The zero-order chi connectivity index (χ0) is 10.5. The van der Waals surface area contributed by atoms with E-state index >= 15 is 0 Å². The van der Waals surface area contributed by atoms with Crippen LogP contribution in [0.3, 0.4) is 0 Å². The quantitative estimate of drug-likeness (QED) is 0.655. The van der Waals surface area contributed by atoms with Crippen LogP contribution in [0.15, 0.2) is 0 Å². The maximum atomic E-state index is 3.63. The van der Waals surface area contributed by atoms with Crippen molar-refractivity contribution in [2.75, 3.05) is 26.2 Å². The van der Waals surface area contributed by atoms with Gasteiger partial charge in [-0.25, -0.2) is 0 Å². The van der Waals surface area contributed by atoms with Gasteiger partial charge in [-0.1, -0.05) is 6.92 Å². The molecule has 1 aliphatic carbocycles. The molecule has 2 atom stereocenters. The van der Waals surface area contributed by atoms with E-state index in [1.165, 1.54) is 58.3 Å². The third-order valence-corrected chi connectivity index (χ3v) is 4.02. The average Bonchev–Trinajstić information content (AvgIpc) is 3.09. The predicted molar refractivity (Wildman–Crippen MR) is 65.0 cm³/mol. The maximum absolute atomic E-state index is 3.63. The molecular weight excluding hydrogens is 184 g/mol. The molecule has 0 aromatic carbocycles. The zero-order valence-electron chi connectivity index (χ0n) is 10.1. The molecular formula is C13H26N2. The van der Waals surface area contributed by atoms with Gasteiger partial charge in [-0.2, -0.15) is 0 Å². The van der Waals surface area contributed by atoms with Crippen LogP contribution in [0.1, 0.15) is 39.0 Å². The van der Waals surface area contributed by atoms with Gasteiger partial charge >= 0.3 is 0 Å². The van der Waals surface area contributed by atoms with E-state index in [9.17, 15) is 0 Å². The van der Waals surface area contributed by atoms with Crippen LogP contribution < -0.4 is 10.6 Å². The topological polar surface area (TPSA) is 24.1 Å². The summed E-state index contributed by atoms with van der Waals surface area (Å²) in [5.74, 6) is 2.89. The minimum absolute atomic E-state index is 0.912. The van der Waals surface area contributed by atoms with Crippen LogP contribution in [0, 0.1) is 17.8 Å². The summed E-state index contributed by atoms with van der Waals surface area (Å²) in [5.41, 5.74) is 0. The van der Waals surface area contributed by atoms with Crippen LogP contribution in [0.25, 0.3) is 0 Å². The fraction of sp³-hybridized carbons (Fsp3) is 1.00. The van der Waals surface area contributed by atoms with Gasteiger partial charge in [0, 0.05) is 0 Å². The minimum Gasteiger partial charge on any atom is -0.316 e. The Balaban J connectivity index is 1.46. The highest BCUT2D eigenvalue weighted by Crippen LogP contribution is 2.36. The monoisotopic (exact) mass is 210 g/mol. The lowest BCUT2D eigenvalue weighted by molar-refractivity contribution is 0.345. The smallest absolute Gasteiger partial charge is 0.00200 e. The molecule has 1 saturated carbocycles. The van der Waals surface area contributed by atoms with Gasteiger partial charge in [0.1, 0.15) is 0 Å². The summed E-state index contributed by atoms with van der Waals surface area (Å²) in [4.78, 5) is 0. The minimum atomic E-state index is 0.912. The third kappa shape index (κ3) is 4.12. The Labute approximate surface area is 94.2 Å². The molecule has 0 amide bonds. The zero-order valence-corrected chi connectivity index (χ0v) is 10.1. The summed E-state index contributed by atoms with van der Waals surface area (Å²) in [6.45, 7) is 7.35. The van der Waals surface area contributed by atoms with Crippen molar-refractivity contribution in [2.24, 2.45) is 17.8 Å². The van der Waals surface area contributed by atoms with Gasteiger partial charge in [-0.3, -0.25) is 0 Å². The van der Waals surface area contributed by atoms with Gasteiger partial charge in [0.05, 0.1) is 0 Å². The molecule has 2 N–H and O–H groups in total. The highest BCUT2D eigenvalue weighted by Gasteiger charge is 2.27. The van der Waals surface area contributed by atoms with E-state index in [2.05, 4.69) is 17.6 Å². The van der Waals surface area contributed by atoms with Crippen LogP contribution in [-0.4, -0.2) is 26.2 Å². The van der Waals surface area contributed by atoms with Gasteiger partial charge in [0.2, 0.25) is 0 Å². The molecule has 2 aliphatic rings. The summed E-state index contributed by atoms with van der Waals surface area (Å²) in [6, 6.07) is 0. The number of hydrogen-bond acceptors (Lipinski definition) is 2. The average molecular weight is 210 g/mol. The van der Waals surface area contributed by atoms with Crippen molar-refractivity contribution in [3.8, 4) is 0 Å². The lowest BCUT2D eigenvalue weighted by Gasteiger charge is -2.23. The molecule has 2 unspecified atom stereocenters. The first-order chi connectivity index (χ1) is 7.36. The molecule has 1 heterocycles. The van der Waals surface area contributed by atoms with E-state index in [-0.39, 0.29) is 0 Å². The summed E-state index contributed by atoms with van der Waals surface area (Å²) < 4.78 is 0. The normalized spacial score (nSPS) is 29.0. The predicted octanol–water partition coefficient (Wildman–Crippen LogP) is 2.01. The summed E-state index contributed by atoms with van der Waals surface area (Å²) >= 11 is 0. The molecule has 2 rings (SSSR count). The Morgan fingerprint density at radius 1 is 1.33 bits per heavy atom. The first-order valence-corrected chi connectivity index (χ1v) is 6.77. The van der Waals surface area contributed by atoms with Crippen LogP contribution in [-0.2, 0) is 0 Å². The van der Waals surface area contributed by atoms with Crippen LogP contribution in [0.5, 0.6) is 0 Å². The molecule has 15 heavy (non-hydrogen) atoms. The summed E-state index contributed by atoms with van der Waals surface area (Å²) in [5, 5.41) is 7.11. The highest BCUT2D eigenvalue weighted by molar-refractivity contribution is 4.80. The Kier molecular flexibility index (Phi) is 4.45. The van der Waals surface area contributed by atoms with E-state index in [4.69, 9.17) is 0 Å². The number of nitrogens with one attached hydrogen (secondary N) is 2. The first-order valence-electron chi connectivity index (χ1n) is 6.77. The largest absolute Gasteiger partial charge is 0.316 e. The molecule has 0 radical (unpaired) electrons. The van der Waals surface area contributed by atoms with E-state index in [0.717, 1.165) is 17.8 Å². The van der Waals surface area contributed by atoms with Crippen molar-refractivity contribution in [1.29, 1.82) is 0 Å². The van der Waals surface area contributed by atoms with E-state index in [1.807, 2.05) is 0 Å². The van der Waals surface area contributed by atoms with Crippen LogP contribution >= 0.6 is 0 Å². The van der Waals surface area contributed by atoms with Crippen molar-refractivity contribution in [3.05, 3.63) is 0 Å². The van der Waals surface area contributed by atoms with Crippen molar-refractivity contribution in [3.63, 3.8) is 0 Å². The molecule has 0 aromatic heterocycles. The highest BCUT2D eigenvalue weighted by atomic mass is 14.9. The standard InChI is InChI=1S/C13H26N2/c1-11(13-4-5-13)9-15-8-6-12-3-2-7-14-10-12/h11-15H,2-10H2,1H3. The molecule has 1 aliphatic heterocycles. The summed E-state index contributed by atoms with van der Waals surface area (Å²) in [7, 11) is 0. The molecule has 0 spiro atoms. The fourth-order valence-electron chi connectivity index (χ4n) is 2.64. The molecule has 0 aromatic rings. The number of piperidine rings is 1. The Morgan fingerprint density at radius 2 is 2.20 bits per heavy atom. The lowest BCUT2D eigenvalue weighted by atomic mass is 9.96. The van der Waals surface area contributed by atoms with Gasteiger partial charge in [-0.15, -0.1) is 0 Å². The second-order valence-corrected chi connectivity index (χ2v) is 5.52. The van der Waals surface area contributed by atoms with E-state index in [1.54, 1.807) is 0 Å². The Morgan fingerprint density at radius 3 is 2.87 bits per heavy atom. The molecule has 2 nitrogen and oxygen atoms in total. The maximum Gasteiger partial charge on any atom is -0.00200 e. The van der Waals surface area contributed by atoms with Gasteiger partial charge in [-0.05, 0) is 76.0 Å². The second-order valence-electron chi connectivity index (χ2n) is 5.52. The number of rotatable bonds is 6. The summed E-state index contributed by atoms with van der Waals surface area (Å²) in [6.07, 6.45) is 7.14. The third-order valence-electron chi connectivity index (χ3n) is 4.02. The van der Waals surface area contributed by atoms with Crippen molar-refractivity contribution >= 4 is 0 Å². The molecule has 2 fully saturated rings. The molecule has 1 saturated heterocycles. The number of hydrogen-bond donors (Lipinski definition) is 2. The van der Waals surface area contributed by atoms with E-state index < -0.39 is 0 Å².